The predicted molar refractivity (Wildman–Crippen MR) is 89.0 cm³/mol. The quantitative estimate of drug-likeness (QED) is 0.663. The number of rotatable bonds is 5. The first-order chi connectivity index (χ1) is 11.6. The van der Waals surface area contributed by atoms with Gasteiger partial charge in [-0.3, -0.25) is 4.79 Å². The third kappa shape index (κ3) is 4.01. The Kier molecular flexibility index (Phi) is 5.27. The van der Waals surface area contributed by atoms with Crippen molar-refractivity contribution in [2.24, 2.45) is 0 Å². The minimum atomic E-state index is -0.609. The molecule has 2 aromatic rings. The van der Waals surface area contributed by atoms with E-state index >= 15 is 0 Å². The molecule has 0 saturated carbocycles. The van der Waals surface area contributed by atoms with Gasteiger partial charge in [0.1, 0.15) is 5.15 Å². The van der Waals surface area contributed by atoms with Crippen molar-refractivity contribution in [3.8, 4) is 0 Å². The number of esters is 1. The highest BCUT2D eigenvalue weighted by atomic mass is 35.5. The molecule has 1 aliphatic heterocycles. The van der Waals surface area contributed by atoms with Gasteiger partial charge in [0.05, 0.1) is 17.2 Å². The van der Waals surface area contributed by atoms with Crippen molar-refractivity contribution in [1.82, 2.24) is 10.3 Å². The Morgan fingerprint density at radius 3 is 3.00 bits per heavy atom. The van der Waals surface area contributed by atoms with E-state index in [0.717, 1.165) is 19.4 Å². The molecule has 1 saturated heterocycles. The second-order valence-corrected chi connectivity index (χ2v) is 5.91. The van der Waals surface area contributed by atoms with Crippen LogP contribution < -0.4 is 5.32 Å². The van der Waals surface area contributed by atoms with Gasteiger partial charge in [-0.15, -0.1) is 0 Å². The second-order valence-electron chi connectivity index (χ2n) is 5.52. The molecule has 1 fully saturated rings. The van der Waals surface area contributed by atoms with Crippen molar-refractivity contribution in [3.05, 3.63) is 41.0 Å². The van der Waals surface area contributed by atoms with Gasteiger partial charge in [0, 0.05) is 18.5 Å². The number of carbonyl (C=O) groups is 2. The molecule has 126 valence electrons. The van der Waals surface area contributed by atoms with Crippen LogP contribution >= 0.6 is 11.6 Å². The highest BCUT2D eigenvalue weighted by molar-refractivity contribution is 6.30. The molecule has 0 bridgehead atoms. The minimum Gasteiger partial charge on any atom is -0.452 e. The van der Waals surface area contributed by atoms with Crippen molar-refractivity contribution >= 4 is 34.4 Å². The lowest BCUT2D eigenvalue weighted by molar-refractivity contribution is -0.124. The highest BCUT2D eigenvalue weighted by Gasteiger charge is 2.18. The predicted octanol–water partition coefficient (Wildman–Crippen LogP) is 2.34. The Balaban J connectivity index is 1.59. The molecule has 1 N–H and O–H groups in total. The van der Waals surface area contributed by atoms with Crippen molar-refractivity contribution < 1.29 is 19.1 Å². The molecule has 1 amide bonds. The fourth-order valence-corrected chi connectivity index (χ4v) is 2.81. The van der Waals surface area contributed by atoms with Gasteiger partial charge in [-0.05, 0) is 25.0 Å². The SMILES string of the molecule is O=C(COC(=O)c1cc(Cl)nc2ccccc12)NC[C@@H]1CCCO1. The Labute approximate surface area is 144 Å². The molecule has 3 rings (SSSR count). The molecular formula is C17H17ClN2O4. The molecule has 1 atom stereocenters. The fourth-order valence-electron chi connectivity index (χ4n) is 2.60. The lowest BCUT2D eigenvalue weighted by Crippen LogP contribution is -2.34. The largest absolute Gasteiger partial charge is 0.452 e. The van der Waals surface area contributed by atoms with Gasteiger partial charge in [0.25, 0.3) is 5.91 Å². The van der Waals surface area contributed by atoms with E-state index in [-0.39, 0.29) is 29.3 Å². The van der Waals surface area contributed by atoms with E-state index in [1.54, 1.807) is 24.3 Å². The number of benzene rings is 1. The molecule has 0 unspecified atom stereocenters. The van der Waals surface area contributed by atoms with Gasteiger partial charge in [-0.25, -0.2) is 9.78 Å². The van der Waals surface area contributed by atoms with Crippen molar-refractivity contribution in [1.29, 1.82) is 0 Å². The van der Waals surface area contributed by atoms with Gasteiger partial charge in [0.15, 0.2) is 6.61 Å². The van der Waals surface area contributed by atoms with Crippen molar-refractivity contribution in [2.75, 3.05) is 19.8 Å². The first-order valence-electron chi connectivity index (χ1n) is 7.74. The normalized spacial score (nSPS) is 17.0. The summed E-state index contributed by atoms with van der Waals surface area (Å²) in [6.07, 6.45) is 1.99. The summed E-state index contributed by atoms with van der Waals surface area (Å²) in [5.41, 5.74) is 0.886. The van der Waals surface area contributed by atoms with Crippen LogP contribution in [-0.4, -0.2) is 42.7 Å². The zero-order chi connectivity index (χ0) is 16.9. The summed E-state index contributed by atoms with van der Waals surface area (Å²) >= 11 is 5.94. The highest BCUT2D eigenvalue weighted by Crippen LogP contribution is 2.21. The number of ether oxygens (including phenoxy) is 2. The van der Waals surface area contributed by atoms with E-state index in [2.05, 4.69) is 10.3 Å². The van der Waals surface area contributed by atoms with Gasteiger partial charge in [-0.1, -0.05) is 29.8 Å². The van der Waals surface area contributed by atoms with Crippen molar-refractivity contribution in [2.45, 2.75) is 18.9 Å². The molecule has 7 heteroatoms. The summed E-state index contributed by atoms with van der Waals surface area (Å²) in [6.45, 7) is 0.811. The Hall–Kier alpha value is -2.18. The summed E-state index contributed by atoms with van der Waals surface area (Å²) in [5.74, 6) is -0.967. The van der Waals surface area contributed by atoms with Crippen LogP contribution in [0.3, 0.4) is 0 Å². The average molecular weight is 349 g/mol. The smallest absolute Gasteiger partial charge is 0.339 e. The first kappa shape index (κ1) is 16.7. The number of fused-ring (bicyclic) bond motifs is 1. The van der Waals surface area contributed by atoms with Crippen LogP contribution in [0.5, 0.6) is 0 Å². The molecule has 0 spiro atoms. The fraction of sp³-hybridized carbons (Fsp3) is 0.353. The van der Waals surface area contributed by atoms with Gasteiger partial charge in [-0.2, -0.15) is 0 Å². The summed E-state index contributed by atoms with van der Waals surface area (Å²) in [7, 11) is 0. The van der Waals surface area contributed by atoms with Crippen LogP contribution in [0.1, 0.15) is 23.2 Å². The summed E-state index contributed by atoms with van der Waals surface area (Å²) in [5, 5.41) is 3.53. The minimum absolute atomic E-state index is 0.0487. The Bertz CT molecular complexity index is 759. The standard InChI is InChI=1S/C17H17ClN2O4/c18-15-8-13(12-5-1-2-6-14(12)20-15)17(22)24-10-16(21)19-9-11-4-3-7-23-11/h1-2,5-6,8,11H,3-4,7,9-10H2,(H,19,21)/t11-/m0/s1. The van der Waals surface area contributed by atoms with E-state index in [0.29, 0.717) is 17.4 Å². The van der Waals surface area contributed by atoms with E-state index in [1.165, 1.54) is 6.07 Å². The van der Waals surface area contributed by atoms with Crippen LogP contribution in [0.25, 0.3) is 10.9 Å². The number of nitrogens with one attached hydrogen (secondary N) is 1. The molecule has 0 aliphatic carbocycles. The molecule has 1 aromatic carbocycles. The van der Waals surface area contributed by atoms with Crippen LogP contribution in [0.15, 0.2) is 30.3 Å². The van der Waals surface area contributed by atoms with Gasteiger partial charge >= 0.3 is 5.97 Å². The lowest BCUT2D eigenvalue weighted by Gasteiger charge is -2.11. The number of nitrogens with zero attached hydrogens (tertiary/aromatic N) is 1. The molecule has 0 radical (unpaired) electrons. The Morgan fingerprint density at radius 1 is 1.38 bits per heavy atom. The zero-order valence-corrected chi connectivity index (χ0v) is 13.7. The number of para-hydroxylation sites is 1. The maximum Gasteiger partial charge on any atom is 0.339 e. The van der Waals surface area contributed by atoms with Crippen LogP contribution in [-0.2, 0) is 14.3 Å². The second kappa shape index (κ2) is 7.59. The van der Waals surface area contributed by atoms with E-state index in [4.69, 9.17) is 21.1 Å². The maximum absolute atomic E-state index is 12.3. The van der Waals surface area contributed by atoms with Crippen LogP contribution in [0.4, 0.5) is 0 Å². The number of pyridine rings is 1. The number of carbonyl (C=O) groups excluding carboxylic acids is 2. The number of hydrogen-bond acceptors (Lipinski definition) is 5. The van der Waals surface area contributed by atoms with E-state index in [9.17, 15) is 9.59 Å². The molecule has 1 aromatic heterocycles. The van der Waals surface area contributed by atoms with Gasteiger partial charge < -0.3 is 14.8 Å². The lowest BCUT2D eigenvalue weighted by atomic mass is 10.1. The average Bonchev–Trinajstić information content (AvgIpc) is 3.10. The Morgan fingerprint density at radius 2 is 2.21 bits per heavy atom. The molecule has 24 heavy (non-hydrogen) atoms. The summed E-state index contributed by atoms with van der Waals surface area (Å²) < 4.78 is 10.5. The number of aromatic nitrogens is 1. The third-order valence-electron chi connectivity index (χ3n) is 3.79. The molecule has 1 aliphatic rings. The van der Waals surface area contributed by atoms with Crippen LogP contribution in [0.2, 0.25) is 5.15 Å². The molecule has 6 nitrogen and oxygen atoms in total. The first-order valence-corrected chi connectivity index (χ1v) is 8.12. The number of amides is 1. The van der Waals surface area contributed by atoms with E-state index < -0.39 is 5.97 Å². The van der Waals surface area contributed by atoms with Gasteiger partial charge in [0.2, 0.25) is 0 Å². The molecule has 2 heterocycles. The topological polar surface area (TPSA) is 77.5 Å². The van der Waals surface area contributed by atoms with E-state index in [1.807, 2.05) is 0 Å². The summed E-state index contributed by atoms with van der Waals surface area (Å²) in [4.78, 5) is 28.2. The zero-order valence-electron chi connectivity index (χ0n) is 13.0. The summed E-state index contributed by atoms with van der Waals surface area (Å²) in [6, 6.07) is 8.55. The number of halogens is 1. The number of hydrogen-bond donors (Lipinski definition) is 1. The maximum atomic E-state index is 12.3. The van der Waals surface area contributed by atoms with Crippen LogP contribution in [0, 0.1) is 0 Å². The monoisotopic (exact) mass is 348 g/mol. The molecular weight excluding hydrogens is 332 g/mol. The van der Waals surface area contributed by atoms with Crippen molar-refractivity contribution in [3.63, 3.8) is 0 Å². The third-order valence-corrected chi connectivity index (χ3v) is 3.98.